The molecule has 0 radical (unpaired) electrons. The van der Waals surface area contributed by atoms with Crippen LogP contribution in [0.3, 0.4) is 0 Å². The second-order valence-electron chi connectivity index (χ2n) is 8.05. The van der Waals surface area contributed by atoms with Gasteiger partial charge in [0.15, 0.2) is 0 Å². The lowest BCUT2D eigenvalue weighted by atomic mass is 10.1. The van der Waals surface area contributed by atoms with Crippen LogP contribution in [0.25, 0.3) is 0 Å². The molecule has 8 heteroatoms. The molecule has 0 aliphatic heterocycles. The second kappa shape index (κ2) is 12.2. The molecular weight excluding hydrogens is 430 g/mol. The Morgan fingerprint density at radius 1 is 0.969 bits per heavy atom. The van der Waals surface area contributed by atoms with Gasteiger partial charge in [0.2, 0.25) is 0 Å². The summed E-state index contributed by atoms with van der Waals surface area (Å²) in [4.78, 5) is 25.1. The van der Waals surface area contributed by atoms with Crippen LogP contribution >= 0.6 is 11.8 Å². The Bertz CT molecular complexity index is 862. The molecule has 0 aliphatic rings. The standard InChI is InChI=1S/C24H31NO6S/c1-24(2,3)31-23(27)25-21(14-17-6-12-20(13-7-17)30-16-32-5)22(26)29-15-18-8-10-19(28-4)11-9-18/h6-13,21H,14-16H2,1-5H3,(H,25,27). The maximum absolute atomic E-state index is 12.8. The van der Waals surface area contributed by atoms with Crippen LogP contribution in [0.5, 0.6) is 11.5 Å². The van der Waals surface area contributed by atoms with E-state index < -0.39 is 23.7 Å². The fourth-order valence-corrected chi connectivity index (χ4v) is 2.96. The molecular formula is C24H31NO6S. The zero-order valence-corrected chi connectivity index (χ0v) is 20.0. The smallest absolute Gasteiger partial charge is 0.408 e. The summed E-state index contributed by atoms with van der Waals surface area (Å²) >= 11 is 1.58. The predicted molar refractivity (Wildman–Crippen MR) is 125 cm³/mol. The number of nitrogens with one attached hydrogen (secondary N) is 1. The highest BCUT2D eigenvalue weighted by atomic mass is 32.2. The lowest BCUT2D eigenvalue weighted by molar-refractivity contribution is -0.147. The van der Waals surface area contributed by atoms with Gasteiger partial charge in [-0.25, -0.2) is 9.59 Å². The van der Waals surface area contributed by atoms with Crippen molar-refractivity contribution in [2.45, 2.75) is 45.4 Å². The van der Waals surface area contributed by atoms with Crippen LogP contribution < -0.4 is 14.8 Å². The Morgan fingerprint density at radius 2 is 1.56 bits per heavy atom. The van der Waals surface area contributed by atoms with E-state index in [1.165, 1.54) is 0 Å². The molecule has 1 N–H and O–H groups in total. The van der Waals surface area contributed by atoms with E-state index in [0.29, 0.717) is 5.94 Å². The number of alkyl carbamates (subject to hydrolysis) is 1. The second-order valence-corrected chi connectivity index (χ2v) is 8.87. The molecule has 174 valence electrons. The first-order valence-electron chi connectivity index (χ1n) is 10.2. The quantitative estimate of drug-likeness (QED) is 0.410. The summed E-state index contributed by atoms with van der Waals surface area (Å²) in [6, 6.07) is 13.7. The van der Waals surface area contributed by atoms with Gasteiger partial charge in [0.1, 0.15) is 35.7 Å². The molecule has 0 aromatic heterocycles. The summed E-state index contributed by atoms with van der Waals surface area (Å²) < 4.78 is 21.5. The summed E-state index contributed by atoms with van der Waals surface area (Å²) in [5.41, 5.74) is 0.979. The highest BCUT2D eigenvalue weighted by Gasteiger charge is 2.26. The molecule has 7 nitrogen and oxygen atoms in total. The van der Waals surface area contributed by atoms with Crippen LogP contribution in [0, 0.1) is 0 Å². The van der Waals surface area contributed by atoms with Crippen molar-refractivity contribution in [2.24, 2.45) is 0 Å². The third-order valence-corrected chi connectivity index (χ3v) is 4.58. The minimum absolute atomic E-state index is 0.0801. The van der Waals surface area contributed by atoms with Crippen molar-refractivity contribution in [1.29, 1.82) is 0 Å². The van der Waals surface area contributed by atoms with Crippen LogP contribution in [-0.2, 0) is 27.3 Å². The Morgan fingerprint density at radius 3 is 2.12 bits per heavy atom. The summed E-state index contributed by atoms with van der Waals surface area (Å²) in [6.45, 7) is 5.36. The molecule has 32 heavy (non-hydrogen) atoms. The van der Waals surface area contributed by atoms with Crippen molar-refractivity contribution < 1.29 is 28.5 Å². The number of amides is 1. The maximum Gasteiger partial charge on any atom is 0.408 e. The van der Waals surface area contributed by atoms with E-state index in [0.717, 1.165) is 22.6 Å². The predicted octanol–water partition coefficient (Wildman–Crippen LogP) is 4.57. The summed E-state index contributed by atoms with van der Waals surface area (Å²) in [5.74, 6) is 1.46. The number of carbonyl (C=O) groups is 2. The molecule has 2 aromatic carbocycles. The third-order valence-electron chi connectivity index (χ3n) is 4.22. The van der Waals surface area contributed by atoms with Crippen LogP contribution in [0.4, 0.5) is 4.79 Å². The molecule has 0 aliphatic carbocycles. The first kappa shape index (κ1) is 25.4. The van der Waals surface area contributed by atoms with Gasteiger partial charge < -0.3 is 24.3 Å². The first-order valence-corrected chi connectivity index (χ1v) is 11.6. The Kier molecular flexibility index (Phi) is 9.71. The number of thioether (sulfide) groups is 1. The number of ether oxygens (including phenoxy) is 4. The van der Waals surface area contributed by atoms with Crippen molar-refractivity contribution in [3.05, 3.63) is 59.7 Å². The molecule has 0 fully saturated rings. The van der Waals surface area contributed by atoms with E-state index in [9.17, 15) is 9.59 Å². The number of hydrogen-bond donors (Lipinski definition) is 1. The number of benzene rings is 2. The molecule has 2 aromatic rings. The molecule has 2 rings (SSSR count). The van der Waals surface area contributed by atoms with Crippen LogP contribution in [-0.4, -0.2) is 43.0 Å². The van der Waals surface area contributed by atoms with Crippen LogP contribution in [0.15, 0.2) is 48.5 Å². The van der Waals surface area contributed by atoms with Gasteiger partial charge in [-0.05, 0) is 62.4 Å². The van der Waals surface area contributed by atoms with E-state index in [4.69, 9.17) is 18.9 Å². The number of rotatable bonds is 10. The number of esters is 1. The van der Waals surface area contributed by atoms with E-state index in [1.807, 2.05) is 42.7 Å². The molecule has 1 amide bonds. The Labute approximate surface area is 193 Å². The monoisotopic (exact) mass is 461 g/mol. The SMILES string of the molecule is COc1ccc(COC(=O)C(Cc2ccc(OCSC)cc2)NC(=O)OC(C)(C)C)cc1. The van der Waals surface area contributed by atoms with Crippen LogP contribution in [0.2, 0.25) is 0 Å². The van der Waals surface area contributed by atoms with E-state index in [-0.39, 0.29) is 13.0 Å². The summed E-state index contributed by atoms with van der Waals surface area (Å²) in [7, 11) is 1.59. The number of carbonyl (C=O) groups excluding carboxylic acids is 2. The van der Waals surface area contributed by atoms with Gasteiger partial charge in [-0.15, -0.1) is 11.8 Å². The molecule has 1 unspecified atom stereocenters. The van der Waals surface area contributed by atoms with Crippen molar-refractivity contribution in [1.82, 2.24) is 5.32 Å². The third kappa shape index (κ3) is 9.09. The van der Waals surface area contributed by atoms with E-state index in [2.05, 4.69) is 5.32 Å². The van der Waals surface area contributed by atoms with Gasteiger partial charge in [0.05, 0.1) is 7.11 Å². The fourth-order valence-electron chi connectivity index (χ4n) is 2.70. The molecule has 0 bridgehead atoms. The van der Waals surface area contributed by atoms with Crippen molar-refractivity contribution >= 4 is 23.8 Å². The van der Waals surface area contributed by atoms with Gasteiger partial charge in [0, 0.05) is 6.42 Å². The minimum atomic E-state index is -0.902. The Balaban J connectivity index is 2.06. The van der Waals surface area contributed by atoms with E-state index >= 15 is 0 Å². The van der Waals surface area contributed by atoms with Gasteiger partial charge in [-0.1, -0.05) is 24.3 Å². The Hall–Kier alpha value is -2.87. The zero-order chi connectivity index (χ0) is 23.6. The summed E-state index contributed by atoms with van der Waals surface area (Å²) in [6.07, 6.45) is 1.53. The fraction of sp³-hybridized carbons (Fsp3) is 0.417. The lowest BCUT2D eigenvalue weighted by Gasteiger charge is -2.23. The van der Waals surface area contributed by atoms with Crippen molar-refractivity contribution in [3.8, 4) is 11.5 Å². The topological polar surface area (TPSA) is 83.1 Å². The van der Waals surface area contributed by atoms with Gasteiger partial charge >= 0.3 is 12.1 Å². The lowest BCUT2D eigenvalue weighted by Crippen LogP contribution is -2.45. The minimum Gasteiger partial charge on any atom is -0.497 e. The number of hydrogen-bond acceptors (Lipinski definition) is 7. The molecule has 0 saturated carbocycles. The average molecular weight is 462 g/mol. The number of methoxy groups -OCH3 is 1. The molecule has 0 saturated heterocycles. The summed E-state index contributed by atoms with van der Waals surface area (Å²) in [5, 5.41) is 2.63. The van der Waals surface area contributed by atoms with Crippen molar-refractivity contribution in [2.75, 3.05) is 19.3 Å². The molecule has 1 atom stereocenters. The average Bonchev–Trinajstić information content (AvgIpc) is 2.75. The maximum atomic E-state index is 12.8. The first-order chi connectivity index (χ1) is 15.2. The zero-order valence-electron chi connectivity index (χ0n) is 19.2. The van der Waals surface area contributed by atoms with Gasteiger partial charge in [0.25, 0.3) is 0 Å². The van der Waals surface area contributed by atoms with Crippen molar-refractivity contribution in [3.63, 3.8) is 0 Å². The van der Waals surface area contributed by atoms with Crippen LogP contribution in [0.1, 0.15) is 31.9 Å². The van der Waals surface area contributed by atoms with E-state index in [1.54, 1.807) is 51.8 Å². The largest absolute Gasteiger partial charge is 0.497 e. The molecule has 0 heterocycles. The highest BCUT2D eigenvalue weighted by molar-refractivity contribution is 7.98. The van der Waals surface area contributed by atoms with Gasteiger partial charge in [-0.3, -0.25) is 0 Å². The highest BCUT2D eigenvalue weighted by Crippen LogP contribution is 2.17. The normalized spacial score (nSPS) is 11.9. The van der Waals surface area contributed by atoms with Gasteiger partial charge in [-0.2, -0.15) is 0 Å². The molecule has 0 spiro atoms.